The highest BCUT2D eigenvalue weighted by molar-refractivity contribution is 6.06. The maximum atomic E-state index is 11.9. The molecule has 0 unspecified atom stereocenters. The largest absolute Gasteiger partial charge is 0.523 e. The van der Waals surface area contributed by atoms with Gasteiger partial charge in [-0.05, 0) is 41.5 Å². The topological polar surface area (TPSA) is 54.0 Å². The fraction of sp³-hybridized carbons (Fsp3) is 0.909. The number of hydrogen-bond acceptors (Lipinski definition) is 5. The number of carbonyl (C=O) groups is 1. The van der Waals surface area contributed by atoms with Gasteiger partial charge < -0.3 is 18.6 Å². The van der Waals surface area contributed by atoms with E-state index in [4.69, 9.17) is 18.6 Å². The molecule has 102 valence electrons. The minimum atomic E-state index is -1.75. The molecular formula is C11H24O5Si. The molecule has 0 saturated heterocycles. The lowest BCUT2D eigenvalue weighted by Gasteiger charge is -2.34. The van der Waals surface area contributed by atoms with Crippen LogP contribution in [0.2, 0.25) is 0 Å². The Kier molecular flexibility index (Phi) is 6.92. The summed E-state index contributed by atoms with van der Waals surface area (Å²) in [4.78, 5) is 11.9. The summed E-state index contributed by atoms with van der Waals surface area (Å²) >= 11 is 0. The minimum Gasteiger partial charge on any atom is -0.523 e. The molecule has 0 aromatic carbocycles. The zero-order valence-corrected chi connectivity index (χ0v) is 13.8. The van der Waals surface area contributed by atoms with Crippen molar-refractivity contribution >= 4 is 16.5 Å². The van der Waals surface area contributed by atoms with Gasteiger partial charge in [0, 0.05) is 0 Å². The van der Waals surface area contributed by atoms with Gasteiger partial charge in [0.2, 0.25) is 10.5 Å². The average molecular weight is 264 g/mol. The molecule has 0 amide bonds. The molecule has 5 nitrogen and oxygen atoms in total. The van der Waals surface area contributed by atoms with Gasteiger partial charge in [0.05, 0.1) is 18.3 Å². The van der Waals surface area contributed by atoms with Crippen LogP contribution in [0.15, 0.2) is 0 Å². The molecule has 6 heteroatoms. The summed E-state index contributed by atoms with van der Waals surface area (Å²) in [6.07, 6.45) is -0.644. The molecule has 0 N–H and O–H groups in total. The van der Waals surface area contributed by atoms with Crippen molar-refractivity contribution in [2.75, 3.05) is 0 Å². The van der Waals surface area contributed by atoms with Gasteiger partial charge >= 0.3 is 11.9 Å². The van der Waals surface area contributed by atoms with E-state index in [1.54, 1.807) is 0 Å². The Morgan fingerprint density at radius 2 is 1.18 bits per heavy atom. The zero-order valence-electron chi connectivity index (χ0n) is 11.8. The summed E-state index contributed by atoms with van der Waals surface area (Å²) < 4.78 is 21.4. The normalized spacial score (nSPS) is 12.8. The van der Waals surface area contributed by atoms with Crippen LogP contribution in [0.25, 0.3) is 0 Å². The molecule has 0 radical (unpaired) electrons. The summed E-state index contributed by atoms with van der Waals surface area (Å²) in [7, 11) is 0.265. The highest BCUT2D eigenvalue weighted by atomic mass is 28.2. The first-order valence-corrected chi connectivity index (χ1v) is 6.67. The Balaban J connectivity index is 5.11. The molecule has 0 aliphatic heterocycles. The molecule has 17 heavy (non-hydrogen) atoms. The lowest BCUT2D eigenvalue weighted by atomic mass is 10.4. The fourth-order valence-electron chi connectivity index (χ4n) is 1.28. The van der Waals surface area contributed by atoms with E-state index in [1.165, 1.54) is 0 Å². The highest BCUT2D eigenvalue weighted by Crippen LogP contribution is 2.23. The van der Waals surface area contributed by atoms with Crippen molar-refractivity contribution in [3.63, 3.8) is 0 Å². The summed E-state index contributed by atoms with van der Waals surface area (Å²) in [5.74, 6) is -2.38. The van der Waals surface area contributed by atoms with Crippen molar-refractivity contribution in [1.29, 1.82) is 0 Å². The van der Waals surface area contributed by atoms with Crippen LogP contribution in [-0.2, 0) is 23.4 Å². The van der Waals surface area contributed by atoms with Crippen LogP contribution in [-0.4, -0.2) is 40.7 Å². The van der Waals surface area contributed by atoms with Gasteiger partial charge in [0.1, 0.15) is 0 Å². The van der Waals surface area contributed by atoms with Crippen molar-refractivity contribution in [3.05, 3.63) is 0 Å². The van der Waals surface area contributed by atoms with Gasteiger partial charge in [-0.15, -0.1) is 0 Å². The molecule has 0 aromatic heterocycles. The monoisotopic (exact) mass is 264 g/mol. The van der Waals surface area contributed by atoms with Crippen LogP contribution in [0, 0.1) is 0 Å². The molecule has 0 aliphatic carbocycles. The Morgan fingerprint density at radius 1 is 0.882 bits per heavy atom. The smallest absolute Gasteiger partial charge is 0.386 e. The quantitative estimate of drug-likeness (QED) is 0.501. The molecule has 0 rings (SSSR count). The van der Waals surface area contributed by atoms with Crippen molar-refractivity contribution in [1.82, 2.24) is 0 Å². The Labute approximate surface area is 106 Å². The third kappa shape index (κ3) is 5.63. The van der Waals surface area contributed by atoms with Gasteiger partial charge in [0.25, 0.3) is 0 Å². The summed E-state index contributed by atoms with van der Waals surface area (Å²) in [5.41, 5.74) is 0. The van der Waals surface area contributed by atoms with Crippen molar-refractivity contribution in [2.45, 2.75) is 65.8 Å². The van der Waals surface area contributed by atoms with Crippen LogP contribution in [0.4, 0.5) is 0 Å². The summed E-state index contributed by atoms with van der Waals surface area (Å²) in [6.45, 7) is 10.8. The SMILES string of the molecule is CC(C)OC(OC(C)C)(OC(C)C)C(=O)O[SiH3]. The molecule has 0 spiro atoms. The maximum absolute atomic E-state index is 11.9. The van der Waals surface area contributed by atoms with E-state index in [1.807, 2.05) is 41.5 Å². The van der Waals surface area contributed by atoms with Crippen molar-refractivity contribution in [3.8, 4) is 0 Å². The first kappa shape index (κ1) is 16.6. The van der Waals surface area contributed by atoms with Gasteiger partial charge in [0.15, 0.2) is 0 Å². The molecule has 0 aromatic rings. The maximum Gasteiger partial charge on any atom is 0.386 e. The third-order valence-corrected chi connectivity index (χ3v) is 1.98. The average Bonchev–Trinajstić information content (AvgIpc) is 2.12. The van der Waals surface area contributed by atoms with E-state index in [9.17, 15) is 4.79 Å². The lowest BCUT2D eigenvalue weighted by molar-refractivity contribution is -0.388. The number of carbonyl (C=O) groups excluding carboxylic acids is 1. The van der Waals surface area contributed by atoms with Crippen LogP contribution in [0.1, 0.15) is 41.5 Å². The second kappa shape index (κ2) is 7.10. The molecule has 0 heterocycles. The van der Waals surface area contributed by atoms with E-state index >= 15 is 0 Å². The van der Waals surface area contributed by atoms with Gasteiger partial charge in [-0.3, -0.25) is 0 Å². The lowest BCUT2D eigenvalue weighted by Crippen LogP contribution is -2.52. The van der Waals surface area contributed by atoms with E-state index in [-0.39, 0.29) is 28.8 Å². The number of hydrogen-bond donors (Lipinski definition) is 0. The third-order valence-electron chi connectivity index (χ3n) is 1.61. The van der Waals surface area contributed by atoms with Gasteiger partial charge in [-0.2, -0.15) is 0 Å². The molecule has 0 bridgehead atoms. The molecule has 0 saturated carbocycles. The highest BCUT2D eigenvalue weighted by Gasteiger charge is 2.46. The fourth-order valence-corrected chi connectivity index (χ4v) is 1.53. The second-order valence-electron chi connectivity index (χ2n) is 4.55. The molecule has 0 atom stereocenters. The predicted octanol–water partition coefficient (Wildman–Crippen LogP) is 0.739. The van der Waals surface area contributed by atoms with Crippen LogP contribution in [0.5, 0.6) is 0 Å². The molecular weight excluding hydrogens is 240 g/mol. The molecule has 0 fully saturated rings. The van der Waals surface area contributed by atoms with Crippen LogP contribution < -0.4 is 0 Å². The molecule has 0 aliphatic rings. The minimum absolute atomic E-state index is 0.215. The Bertz CT molecular complexity index is 213. The second-order valence-corrected chi connectivity index (χ2v) is 4.96. The first-order chi connectivity index (χ1) is 7.73. The van der Waals surface area contributed by atoms with Gasteiger partial charge in [-0.25, -0.2) is 4.79 Å². The number of ether oxygens (including phenoxy) is 3. The van der Waals surface area contributed by atoms with E-state index in [2.05, 4.69) is 0 Å². The number of rotatable bonds is 7. The van der Waals surface area contributed by atoms with E-state index in [0.29, 0.717) is 0 Å². The Morgan fingerprint density at radius 3 is 1.35 bits per heavy atom. The summed E-state index contributed by atoms with van der Waals surface area (Å²) in [5, 5.41) is 0. The van der Waals surface area contributed by atoms with Crippen molar-refractivity contribution < 1.29 is 23.4 Å². The first-order valence-electron chi connectivity index (χ1n) is 5.85. The summed E-state index contributed by atoms with van der Waals surface area (Å²) in [6, 6.07) is 0. The zero-order chi connectivity index (χ0) is 13.6. The van der Waals surface area contributed by atoms with Crippen LogP contribution >= 0.6 is 0 Å². The predicted molar refractivity (Wildman–Crippen MR) is 67.4 cm³/mol. The van der Waals surface area contributed by atoms with E-state index in [0.717, 1.165) is 0 Å². The van der Waals surface area contributed by atoms with Crippen LogP contribution in [0.3, 0.4) is 0 Å². The van der Waals surface area contributed by atoms with E-state index < -0.39 is 11.9 Å². The standard InChI is InChI=1S/C11H24O5Si/c1-7(2)13-11(10(12)16-17,14-8(3)4)15-9(5)6/h7-9H,1-6,17H3. The Hall–Kier alpha value is -0.433. The van der Waals surface area contributed by atoms with Crippen molar-refractivity contribution in [2.24, 2.45) is 0 Å². The van der Waals surface area contributed by atoms with Gasteiger partial charge in [-0.1, -0.05) is 0 Å².